The van der Waals surface area contributed by atoms with E-state index in [1.54, 1.807) is 50.8 Å². The van der Waals surface area contributed by atoms with E-state index >= 15 is 0 Å². The van der Waals surface area contributed by atoms with Gasteiger partial charge in [-0.25, -0.2) is 9.59 Å². The fourth-order valence-electron chi connectivity index (χ4n) is 6.77. The van der Waals surface area contributed by atoms with Gasteiger partial charge in [-0.05, 0) is 94.0 Å². The number of para-hydroxylation sites is 1. The van der Waals surface area contributed by atoms with Gasteiger partial charge in [-0.1, -0.05) is 43.2 Å². The van der Waals surface area contributed by atoms with E-state index in [1.165, 1.54) is 12.0 Å². The van der Waals surface area contributed by atoms with Gasteiger partial charge in [0.1, 0.15) is 11.3 Å². The largest absolute Gasteiger partial charge is 0.495 e. The molecule has 13 heteroatoms. The summed E-state index contributed by atoms with van der Waals surface area (Å²) in [7, 11) is 1.51. The summed E-state index contributed by atoms with van der Waals surface area (Å²) < 4.78 is 22.2. The van der Waals surface area contributed by atoms with Crippen molar-refractivity contribution in [1.29, 1.82) is 0 Å². The lowest BCUT2D eigenvalue weighted by Gasteiger charge is -2.29. The summed E-state index contributed by atoms with van der Waals surface area (Å²) in [5.74, 6) is 1.39. The Balaban J connectivity index is 1.18. The molecule has 1 saturated carbocycles. The number of carbonyl (C=O) groups excluding carboxylic acids is 4. The number of nitrogens with one attached hydrogen (secondary N) is 3. The van der Waals surface area contributed by atoms with Crippen molar-refractivity contribution in [2.24, 2.45) is 5.92 Å². The molecule has 0 aromatic heterocycles. The molecule has 13 nitrogen and oxygen atoms in total. The first kappa shape index (κ1) is 37.5. The first-order valence-electron chi connectivity index (χ1n) is 18.1. The number of fused-ring (bicyclic) bond motifs is 1. The molecule has 3 aromatic rings. The predicted molar refractivity (Wildman–Crippen MR) is 199 cm³/mol. The highest BCUT2D eigenvalue weighted by atomic mass is 16.7. The zero-order chi connectivity index (χ0) is 37.9. The lowest BCUT2D eigenvalue weighted by molar-refractivity contribution is -0.148. The summed E-state index contributed by atoms with van der Waals surface area (Å²) in [6.45, 7) is 9.59. The molecule has 53 heavy (non-hydrogen) atoms. The maximum atomic E-state index is 14.3. The van der Waals surface area contributed by atoms with Crippen LogP contribution in [0.5, 0.6) is 17.2 Å². The molecule has 2 aliphatic heterocycles. The number of urea groups is 2. The van der Waals surface area contributed by atoms with Crippen molar-refractivity contribution in [3.8, 4) is 17.2 Å². The van der Waals surface area contributed by atoms with E-state index in [4.69, 9.17) is 18.9 Å². The molecule has 2 atom stereocenters. The van der Waals surface area contributed by atoms with Crippen molar-refractivity contribution >= 4 is 35.3 Å². The van der Waals surface area contributed by atoms with Crippen LogP contribution in [-0.4, -0.2) is 71.9 Å². The van der Waals surface area contributed by atoms with E-state index in [2.05, 4.69) is 16.0 Å². The van der Waals surface area contributed by atoms with E-state index in [1.807, 2.05) is 49.4 Å². The molecule has 0 bridgehead atoms. The molecular formula is C40H49N5O8. The first-order chi connectivity index (χ1) is 25.3. The molecule has 282 valence electrons. The number of aryl methyl sites for hydroxylation is 1. The van der Waals surface area contributed by atoms with Crippen molar-refractivity contribution in [3.05, 3.63) is 77.4 Å². The lowest BCUT2D eigenvalue weighted by atomic mass is 10.00. The highest BCUT2D eigenvalue weighted by Gasteiger charge is 2.53. The number of imide groups is 1. The number of ether oxygens (including phenoxy) is 4. The van der Waals surface area contributed by atoms with Gasteiger partial charge in [0, 0.05) is 24.8 Å². The summed E-state index contributed by atoms with van der Waals surface area (Å²) in [6.07, 6.45) is 2.50. The van der Waals surface area contributed by atoms with Crippen LogP contribution in [0, 0.1) is 12.8 Å². The SMILES string of the molecule is COc1cc(CN2C(=O)N([C@H](CN[C@@H](CC(=O)OC(C)C)c3ccc4c(c3)OCO4)CC3CC3)C(=O)C2(C)C)ccc1NC(=O)Nc1ccccc1C. The molecule has 1 saturated heterocycles. The van der Waals surface area contributed by atoms with Crippen LogP contribution < -0.4 is 30.2 Å². The van der Waals surface area contributed by atoms with E-state index in [9.17, 15) is 19.2 Å². The van der Waals surface area contributed by atoms with E-state index in [0.29, 0.717) is 41.0 Å². The molecule has 0 radical (unpaired) electrons. The third kappa shape index (κ3) is 8.68. The van der Waals surface area contributed by atoms with Gasteiger partial charge >= 0.3 is 18.0 Å². The Bertz CT molecular complexity index is 1860. The minimum atomic E-state index is -1.13. The van der Waals surface area contributed by atoms with Gasteiger partial charge < -0.3 is 39.8 Å². The molecule has 3 aromatic carbocycles. The monoisotopic (exact) mass is 727 g/mol. The molecule has 5 amide bonds. The Hall–Kier alpha value is -5.30. The molecule has 2 fully saturated rings. The Morgan fingerprint density at radius 1 is 0.962 bits per heavy atom. The summed E-state index contributed by atoms with van der Waals surface area (Å²) in [6, 6.07) is 16.6. The van der Waals surface area contributed by atoms with Crippen LogP contribution in [0.4, 0.5) is 21.0 Å². The smallest absolute Gasteiger partial charge is 0.328 e. The van der Waals surface area contributed by atoms with Crippen molar-refractivity contribution in [1.82, 2.24) is 15.1 Å². The highest BCUT2D eigenvalue weighted by molar-refractivity contribution is 6.07. The number of hydrogen-bond donors (Lipinski definition) is 3. The maximum absolute atomic E-state index is 14.3. The van der Waals surface area contributed by atoms with Crippen LogP contribution in [0.1, 0.15) is 76.1 Å². The topological polar surface area (TPSA) is 148 Å². The highest BCUT2D eigenvalue weighted by Crippen LogP contribution is 2.39. The second kappa shape index (κ2) is 15.7. The zero-order valence-corrected chi connectivity index (χ0v) is 31.2. The number of anilines is 2. The fraction of sp³-hybridized carbons (Fsp3) is 0.450. The zero-order valence-electron chi connectivity index (χ0n) is 31.2. The quantitative estimate of drug-likeness (QED) is 0.114. The number of nitrogens with zero attached hydrogens (tertiary/aromatic N) is 2. The predicted octanol–water partition coefficient (Wildman–Crippen LogP) is 6.76. The maximum Gasteiger partial charge on any atom is 0.328 e. The van der Waals surface area contributed by atoms with E-state index in [-0.39, 0.29) is 50.3 Å². The molecule has 0 unspecified atom stereocenters. The van der Waals surface area contributed by atoms with Crippen molar-refractivity contribution in [3.63, 3.8) is 0 Å². The summed E-state index contributed by atoms with van der Waals surface area (Å²) in [4.78, 5) is 57.1. The first-order valence-corrected chi connectivity index (χ1v) is 18.1. The van der Waals surface area contributed by atoms with Gasteiger partial charge in [0.2, 0.25) is 6.79 Å². The number of esters is 1. The number of amides is 5. The molecule has 1 aliphatic carbocycles. The normalized spacial score (nSPS) is 17.2. The average Bonchev–Trinajstić information content (AvgIpc) is 3.78. The van der Waals surface area contributed by atoms with E-state index < -0.39 is 23.7 Å². The van der Waals surface area contributed by atoms with Gasteiger partial charge in [-0.2, -0.15) is 0 Å². The second-order valence-corrected chi connectivity index (χ2v) is 14.7. The van der Waals surface area contributed by atoms with Crippen molar-refractivity contribution in [2.75, 3.05) is 31.1 Å². The summed E-state index contributed by atoms with van der Waals surface area (Å²) in [5, 5.41) is 9.20. The van der Waals surface area contributed by atoms with Crippen LogP contribution in [0.15, 0.2) is 60.7 Å². The molecule has 3 N–H and O–H groups in total. The van der Waals surface area contributed by atoms with Gasteiger partial charge in [0.15, 0.2) is 11.5 Å². The summed E-state index contributed by atoms with van der Waals surface area (Å²) >= 11 is 0. The van der Waals surface area contributed by atoms with Gasteiger partial charge in [0.05, 0.1) is 31.4 Å². The van der Waals surface area contributed by atoms with Crippen molar-refractivity contribution in [2.45, 2.75) is 90.6 Å². The lowest BCUT2D eigenvalue weighted by Crippen LogP contribution is -2.48. The fourth-order valence-corrected chi connectivity index (χ4v) is 6.77. The Kier molecular flexibility index (Phi) is 11.1. The Labute approximate surface area is 310 Å². The van der Waals surface area contributed by atoms with E-state index in [0.717, 1.165) is 29.5 Å². The van der Waals surface area contributed by atoms with Crippen LogP contribution in [0.2, 0.25) is 0 Å². The van der Waals surface area contributed by atoms with Crippen LogP contribution in [0.3, 0.4) is 0 Å². The minimum absolute atomic E-state index is 0.0493. The third-order valence-corrected chi connectivity index (χ3v) is 9.91. The number of rotatable bonds is 15. The number of benzene rings is 3. The summed E-state index contributed by atoms with van der Waals surface area (Å²) in [5.41, 5.74) is 2.48. The standard InChI is InChI=1S/C40H49N5O8/c1-24(2)53-36(46)20-32(28-14-16-33-35(19-28)52-23-51-33)41-21-29(17-26-11-12-26)45-37(47)40(4,5)44(39(45)49)22-27-13-15-31(34(18-27)50-6)43-38(48)42-30-10-8-7-9-25(30)3/h7-10,13-16,18-19,24,26,29,32,41H,11-12,17,20-23H2,1-6H3,(H2,42,43,48)/t29-,32-/m0/s1. The minimum Gasteiger partial charge on any atom is -0.495 e. The molecule has 2 heterocycles. The van der Waals surface area contributed by atoms with Gasteiger partial charge in [-0.3, -0.25) is 14.5 Å². The van der Waals surface area contributed by atoms with Crippen LogP contribution >= 0.6 is 0 Å². The third-order valence-electron chi connectivity index (χ3n) is 9.91. The molecule has 0 spiro atoms. The average molecular weight is 728 g/mol. The van der Waals surface area contributed by atoms with Gasteiger partial charge in [-0.15, -0.1) is 0 Å². The molecular weight excluding hydrogens is 678 g/mol. The van der Waals surface area contributed by atoms with Gasteiger partial charge in [0.25, 0.3) is 5.91 Å². The van der Waals surface area contributed by atoms with Crippen molar-refractivity contribution < 1.29 is 38.1 Å². The Morgan fingerprint density at radius 3 is 2.42 bits per heavy atom. The van der Waals surface area contributed by atoms with Crippen LogP contribution in [-0.2, 0) is 20.9 Å². The molecule has 6 rings (SSSR count). The van der Waals surface area contributed by atoms with Crippen LogP contribution in [0.25, 0.3) is 0 Å². The Morgan fingerprint density at radius 2 is 1.70 bits per heavy atom. The second-order valence-electron chi connectivity index (χ2n) is 14.7. The number of carbonyl (C=O) groups is 4. The number of hydrogen-bond acceptors (Lipinski definition) is 9. The number of methoxy groups -OCH3 is 1. The molecule has 3 aliphatic rings.